The van der Waals surface area contributed by atoms with Crippen molar-refractivity contribution >= 4 is 50.7 Å². The van der Waals surface area contributed by atoms with Crippen LogP contribution >= 0.6 is 39.1 Å². The molecule has 0 aliphatic heterocycles. The van der Waals surface area contributed by atoms with Gasteiger partial charge in [0.25, 0.3) is 5.91 Å². The molecule has 0 saturated heterocycles. The summed E-state index contributed by atoms with van der Waals surface area (Å²) < 4.78 is 2.33. The van der Waals surface area contributed by atoms with E-state index in [2.05, 4.69) is 27.1 Å². The maximum atomic E-state index is 13.5. The average Bonchev–Trinajstić information content (AvgIpc) is 3.06. The fourth-order valence-electron chi connectivity index (χ4n) is 2.91. The van der Waals surface area contributed by atoms with Crippen molar-refractivity contribution in [2.45, 2.75) is 26.3 Å². The van der Waals surface area contributed by atoms with Gasteiger partial charge in [-0.05, 0) is 63.2 Å². The van der Waals surface area contributed by atoms with Crippen LogP contribution in [0.4, 0.5) is 5.69 Å². The highest BCUT2D eigenvalue weighted by Gasteiger charge is 2.32. The maximum absolute atomic E-state index is 13.5. The zero-order chi connectivity index (χ0) is 21.3. The Hall–Kier alpha value is -2.33. The molecule has 0 fully saturated rings. The Balaban J connectivity index is 2.10. The minimum absolute atomic E-state index is 0.0522. The van der Waals surface area contributed by atoms with Crippen LogP contribution in [0.2, 0.25) is 10.0 Å². The predicted octanol–water partition coefficient (Wildman–Crippen LogP) is 6.26. The summed E-state index contributed by atoms with van der Waals surface area (Å²) in [5, 5.41) is 14.8. The lowest BCUT2D eigenvalue weighted by Gasteiger charge is -2.35. The average molecular weight is 492 g/mol. The maximum Gasteiger partial charge on any atom is 0.280 e. The summed E-state index contributed by atoms with van der Waals surface area (Å²) in [5.41, 5.74) is 0.897. The largest absolute Gasteiger partial charge is 0.302 e. The van der Waals surface area contributed by atoms with Gasteiger partial charge in [0.15, 0.2) is 5.69 Å². The Morgan fingerprint density at radius 1 is 1.17 bits per heavy atom. The first-order valence-corrected chi connectivity index (χ1v) is 10.2. The smallest absolute Gasteiger partial charge is 0.280 e. The number of amides is 1. The minimum atomic E-state index is -0.542. The molecule has 0 aliphatic rings. The van der Waals surface area contributed by atoms with Crippen LogP contribution in [0, 0.1) is 11.3 Å². The van der Waals surface area contributed by atoms with E-state index in [0.29, 0.717) is 21.4 Å². The van der Waals surface area contributed by atoms with Gasteiger partial charge in [-0.15, -0.1) is 0 Å². The molecule has 0 saturated carbocycles. The number of hydrogen-bond acceptors (Lipinski definition) is 3. The van der Waals surface area contributed by atoms with E-state index >= 15 is 0 Å². The van der Waals surface area contributed by atoms with Crippen LogP contribution in [0.15, 0.2) is 53.1 Å². The van der Waals surface area contributed by atoms with Crippen molar-refractivity contribution in [3.8, 4) is 11.8 Å². The van der Waals surface area contributed by atoms with E-state index in [0.717, 1.165) is 4.47 Å². The molecule has 0 bridgehead atoms. The Kier molecular flexibility index (Phi) is 6.04. The Bertz CT molecular complexity index is 1110. The predicted molar refractivity (Wildman–Crippen MR) is 119 cm³/mol. The molecule has 3 rings (SSSR count). The van der Waals surface area contributed by atoms with E-state index in [1.54, 1.807) is 23.1 Å². The third-order valence-corrected chi connectivity index (χ3v) is 5.22. The molecule has 0 radical (unpaired) electrons. The molecule has 0 atom stereocenters. The number of benzene rings is 2. The molecule has 1 aromatic heterocycles. The zero-order valence-corrected chi connectivity index (χ0v) is 19.0. The van der Waals surface area contributed by atoms with Crippen molar-refractivity contribution in [3.63, 3.8) is 0 Å². The lowest BCUT2D eigenvalue weighted by Crippen LogP contribution is -2.46. The van der Waals surface area contributed by atoms with Crippen LogP contribution in [-0.4, -0.2) is 21.2 Å². The van der Waals surface area contributed by atoms with Crippen LogP contribution in [0.1, 0.15) is 36.8 Å². The summed E-state index contributed by atoms with van der Waals surface area (Å²) in [4.78, 5) is 15.1. The number of aromatic nitrogens is 2. The molecule has 29 heavy (non-hydrogen) atoms. The van der Waals surface area contributed by atoms with Gasteiger partial charge in [0.1, 0.15) is 11.6 Å². The Morgan fingerprint density at radius 2 is 1.83 bits per heavy atom. The number of nitriles is 1. The second kappa shape index (κ2) is 8.19. The van der Waals surface area contributed by atoms with Crippen molar-refractivity contribution in [3.05, 3.63) is 74.4 Å². The highest BCUT2D eigenvalue weighted by atomic mass is 79.9. The standard InChI is InChI=1S/C21H17BrCl2N4O/c1-21(2,3)28(16-7-4-14(22)5-8-16)20(29)19-13(11-25)12-27(26-19)18-9-6-15(23)10-17(18)24/h4-10,12H,1-3H3. The van der Waals surface area contributed by atoms with Crippen LogP contribution in [0.5, 0.6) is 0 Å². The molecule has 3 aromatic rings. The van der Waals surface area contributed by atoms with Crippen LogP contribution in [-0.2, 0) is 0 Å². The van der Waals surface area contributed by atoms with Crippen molar-refractivity contribution in [2.24, 2.45) is 0 Å². The van der Waals surface area contributed by atoms with Gasteiger partial charge in [-0.1, -0.05) is 39.1 Å². The van der Waals surface area contributed by atoms with E-state index in [-0.39, 0.29) is 17.2 Å². The molecule has 0 unspecified atom stereocenters. The van der Waals surface area contributed by atoms with E-state index < -0.39 is 5.54 Å². The molecule has 0 N–H and O–H groups in total. The van der Waals surface area contributed by atoms with E-state index in [1.165, 1.54) is 10.9 Å². The van der Waals surface area contributed by atoms with Crippen molar-refractivity contribution in [2.75, 3.05) is 4.90 Å². The van der Waals surface area contributed by atoms with E-state index in [9.17, 15) is 10.1 Å². The lowest BCUT2D eigenvalue weighted by molar-refractivity contribution is 0.0960. The SMILES string of the molecule is CC(C)(C)N(C(=O)c1nn(-c2ccc(Cl)cc2Cl)cc1C#N)c1ccc(Br)cc1. The molecular weight excluding hydrogens is 475 g/mol. The first-order chi connectivity index (χ1) is 13.6. The molecule has 0 aliphatic carbocycles. The molecule has 8 heteroatoms. The van der Waals surface area contributed by atoms with Gasteiger partial charge in [0.05, 0.1) is 10.7 Å². The number of hydrogen-bond donors (Lipinski definition) is 0. The number of nitrogens with zero attached hydrogens (tertiary/aromatic N) is 4. The van der Waals surface area contributed by atoms with E-state index in [4.69, 9.17) is 23.2 Å². The first kappa shape index (κ1) is 21.4. The minimum Gasteiger partial charge on any atom is -0.302 e. The first-order valence-electron chi connectivity index (χ1n) is 8.67. The lowest BCUT2D eigenvalue weighted by atomic mass is 10.0. The molecule has 0 spiro atoms. The molecule has 5 nitrogen and oxygen atoms in total. The number of carbonyl (C=O) groups is 1. The van der Waals surface area contributed by atoms with Gasteiger partial charge in [0, 0.05) is 26.9 Å². The summed E-state index contributed by atoms with van der Waals surface area (Å²) in [6.45, 7) is 5.77. The zero-order valence-electron chi connectivity index (χ0n) is 15.9. The third-order valence-electron chi connectivity index (χ3n) is 4.15. The summed E-state index contributed by atoms with van der Waals surface area (Å²) in [5.74, 6) is -0.375. The molecule has 1 heterocycles. The second-order valence-electron chi connectivity index (χ2n) is 7.33. The van der Waals surface area contributed by atoms with Gasteiger partial charge in [-0.25, -0.2) is 4.68 Å². The number of halogens is 3. The van der Waals surface area contributed by atoms with Gasteiger partial charge >= 0.3 is 0 Å². The topological polar surface area (TPSA) is 61.9 Å². The second-order valence-corrected chi connectivity index (χ2v) is 9.09. The molecular formula is C21H17BrCl2N4O. The van der Waals surface area contributed by atoms with E-state index in [1.807, 2.05) is 45.0 Å². The quantitative estimate of drug-likeness (QED) is 0.434. The fourth-order valence-corrected chi connectivity index (χ4v) is 3.67. The Labute approximate surface area is 187 Å². The molecule has 2 aromatic carbocycles. The van der Waals surface area contributed by atoms with Crippen LogP contribution in [0.25, 0.3) is 5.69 Å². The summed E-state index contributed by atoms with van der Waals surface area (Å²) >= 11 is 15.6. The van der Waals surface area contributed by atoms with Gasteiger partial charge in [0.2, 0.25) is 0 Å². The van der Waals surface area contributed by atoms with Crippen molar-refractivity contribution in [1.82, 2.24) is 9.78 Å². The summed E-state index contributed by atoms with van der Waals surface area (Å²) in [6, 6.07) is 14.4. The van der Waals surface area contributed by atoms with Crippen LogP contribution < -0.4 is 4.90 Å². The molecule has 1 amide bonds. The number of anilines is 1. The number of carbonyl (C=O) groups excluding carboxylic acids is 1. The van der Waals surface area contributed by atoms with Gasteiger partial charge in [-0.3, -0.25) is 4.79 Å². The van der Waals surface area contributed by atoms with Gasteiger partial charge < -0.3 is 4.90 Å². The van der Waals surface area contributed by atoms with Crippen molar-refractivity contribution in [1.29, 1.82) is 5.26 Å². The monoisotopic (exact) mass is 490 g/mol. The summed E-state index contributed by atoms with van der Waals surface area (Å²) in [6.07, 6.45) is 1.49. The summed E-state index contributed by atoms with van der Waals surface area (Å²) in [7, 11) is 0. The van der Waals surface area contributed by atoms with Crippen LogP contribution in [0.3, 0.4) is 0 Å². The number of rotatable bonds is 3. The highest BCUT2D eigenvalue weighted by molar-refractivity contribution is 9.10. The normalized spacial score (nSPS) is 11.2. The van der Waals surface area contributed by atoms with Gasteiger partial charge in [-0.2, -0.15) is 10.4 Å². The fraction of sp³-hybridized carbons (Fsp3) is 0.190. The molecule has 148 valence electrons. The highest BCUT2D eigenvalue weighted by Crippen LogP contribution is 2.29. The van der Waals surface area contributed by atoms with Crippen molar-refractivity contribution < 1.29 is 4.79 Å². The Morgan fingerprint density at radius 3 is 2.38 bits per heavy atom. The third kappa shape index (κ3) is 4.48.